The number of nitrogens with zero attached hydrogens (tertiary/aromatic N) is 1. The fraction of sp³-hybridized carbons (Fsp3) is 0.0435. The van der Waals surface area contributed by atoms with E-state index in [1.807, 2.05) is 6.07 Å². The lowest BCUT2D eigenvalue weighted by molar-refractivity contribution is -0.120. The van der Waals surface area contributed by atoms with Gasteiger partial charge in [0.25, 0.3) is 11.8 Å². The van der Waals surface area contributed by atoms with E-state index in [4.69, 9.17) is 16.3 Å². The number of carbonyl (C=O) groups excluding carboxylic acids is 3. The molecule has 3 aromatic carbocycles. The second-order valence-corrected chi connectivity index (χ2v) is 6.74. The monoisotopic (exact) mass is 435 g/mol. The Labute approximate surface area is 183 Å². The van der Waals surface area contributed by atoms with Gasteiger partial charge < -0.3 is 10.1 Å². The van der Waals surface area contributed by atoms with Gasteiger partial charge in [0.2, 0.25) is 0 Å². The fourth-order valence-electron chi connectivity index (χ4n) is 2.44. The minimum atomic E-state index is -0.480. The third-order valence-electron chi connectivity index (χ3n) is 4.02. The number of amides is 2. The van der Waals surface area contributed by atoms with E-state index in [0.717, 1.165) is 0 Å². The van der Waals surface area contributed by atoms with Gasteiger partial charge >= 0.3 is 5.97 Å². The normalized spacial score (nSPS) is 10.5. The van der Waals surface area contributed by atoms with Crippen LogP contribution in [0.4, 0.5) is 0 Å². The van der Waals surface area contributed by atoms with E-state index < -0.39 is 17.8 Å². The maximum Gasteiger partial charge on any atom is 0.343 e. The second kappa shape index (κ2) is 10.7. The number of ether oxygens (including phenoxy) is 1. The molecule has 0 spiro atoms. The lowest BCUT2D eigenvalue weighted by Gasteiger charge is -2.05. The van der Waals surface area contributed by atoms with Crippen LogP contribution in [0.1, 0.15) is 26.3 Å². The molecule has 0 radical (unpaired) electrons. The topological polar surface area (TPSA) is 96.9 Å². The molecule has 3 aromatic rings. The SMILES string of the molecule is O=C(CNC(=O)c1ccc(Cl)cc1)N/N=C/c1ccc(OC(=O)c2ccccc2)cc1. The molecule has 0 saturated carbocycles. The van der Waals surface area contributed by atoms with Gasteiger partial charge in [-0.3, -0.25) is 9.59 Å². The molecule has 0 aliphatic carbocycles. The summed E-state index contributed by atoms with van der Waals surface area (Å²) in [5.74, 6) is -0.932. The average molecular weight is 436 g/mol. The van der Waals surface area contributed by atoms with Crippen molar-refractivity contribution >= 4 is 35.6 Å². The van der Waals surface area contributed by atoms with Gasteiger partial charge in [-0.1, -0.05) is 29.8 Å². The zero-order chi connectivity index (χ0) is 22.1. The van der Waals surface area contributed by atoms with Crippen molar-refractivity contribution in [3.8, 4) is 5.75 Å². The summed E-state index contributed by atoms with van der Waals surface area (Å²) in [6.45, 7) is -0.229. The molecule has 0 fully saturated rings. The molecule has 3 rings (SSSR count). The maximum atomic E-state index is 12.0. The van der Waals surface area contributed by atoms with Crippen molar-refractivity contribution in [2.24, 2.45) is 5.10 Å². The Kier molecular flexibility index (Phi) is 7.50. The van der Waals surface area contributed by atoms with Gasteiger partial charge in [-0.2, -0.15) is 5.10 Å². The van der Waals surface area contributed by atoms with Crippen LogP contribution in [0, 0.1) is 0 Å². The number of hydrogen-bond donors (Lipinski definition) is 2. The first-order valence-electron chi connectivity index (χ1n) is 9.24. The van der Waals surface area contributed by atoms with E-state index in [2.05, 4.69) is 15.8 Å². The van der Waals surface area contributed by atoms with E-state index >= 15 is 0 Å². The Bertz CT molecular complexity index is 1080. The molecular weight excluding hydrogens is 418 g/mol. The second-order valence-electron chi connectivity index (χ2n) is 6.31. The first-order valence-corrected chi connectivity index (χ1v) is 9.62. The van der Waals surface area contributed by atoms with Crippen molar-refractivity contribution in [3.63, 3.8) is 0 Å². The van der Waals surface area contributed by atoms with Gasteiger partial charge in [-0.15, -0.1) is 0 Å². The van der Waals surface area contributed by atoms with Crippen LogP contribution >= 0.6 is 11.6 Å². The number of carbonyl (C=O) groups is 3. The van der Waals surface area contributed by atoms with Crippen molar-refractivity contribution in [2.75, 3.05) is 6.54 Å². The van der Waals surface area contributed by atoms with Gasteiger partial charge in [0.1, 0.15) is 5.75 Å². The molecule has 0 bridgehead atoms. The average Bonchev–Trinajstić information content (AvgIpc) is 2.79. The Morgan fingerprint density at radius 2 is 1.55 bits per heavy atom. The lowest BCUT2D eigenvalue weighted by atomic mass is 10.2. The van der Waals surface area contributed by atoms with Crippen LogP contribution in [0.2, 0.25) is 5.02 Å². The highest BCUT2D eigenvalue weighted by Gasteiger charge is 2.08. The summed E-state index contributed by atoms with van der Waals surface area (Å²) in [5, 5.41) is 6.85. The predicted molar refractivity (Wildman–Crippen MR) is 117 cm³/mol. The zero-order valence-corrected chi connectivity index (χ0v) is 17.0. The van der Waals surface area contributed by atoms with E-state index in [9.17, 15) is 14.4 Å². The molecule has 0 aromatic heterocycles. The molecule has 156 valence electrons. The number of esters is 1. The molecule has 2 amide bonds. The van der Waals surface area contributed by atoms with Crippen LogP contribution in [-0.4, -0.2) is 30.5 Å². The van der Waals surface area contributed by atoms with Crippen LogP contribution in [0.25, 0.3) is 0 Å². The van der Waals surface area contributed by atoms with Crippen molar-refractivity contribution in [2.45, 2.75) is 0 Å². The predicted octanol–water partition coefficient (Wildman–Crippen LogP) is 3.44. The number of halogens is 1. The minimum Gasteiger partial charge on any atom is -0.423 e. The Hall–Kier alpha value is -3.97. The summed E-state index contributed by atoms with van der Waals surface area (Å²) in [6, 6.07) is 21.6. The summed E-state index contributed by atoms with van der Waals surface area (Å²) >= 11 is 5.77. The van der Waals surface area contributed by atoms with Crippen molar-refractivity contribution in [1.82, 2.24) is 10.7 Å². The molecule has 2 N–H and O–H groups in total. The minimum absolute atomic E-state index is 0.229. The quantitative estimate of drug-likeness (QED) is 0.257. The number of hydrogen-bond acceptors (Lipinski definition) is 5. The van der Waals surface area contributed by atoms with Gasteiger partial charge in [-0.25, -0.2) is 10.2 Å². The molecule has 8 heteroatoms. The Morgan fingerprint density at radius 3 is 2.23 bits per heavy atom. The summed E-state index contributed by atoms with van der Waals surface area (Å²) in [4.78, 5) is 35.8. The van der Waals surface area contributed by atoms with Gasteiger partial charge in [0.15, 0.2) is 0 Å². The first-order chi connectivity index (χ1) is 15.0. The number of rotatable bonds is 7. The third kappa shape index (κ3) is 6.80. The number of nitrogens with one attached hydrogen (secondary N) is 2. The number of hydrazone groups is 1. The highest BCUT2D eigenvalue weighted by Crippen LogP contribution is 2.13. The smallest absolute Gasteiger partial charge is 0.343 e. The van der Waals surface area contributed by atoms with E-state index in [1.165, 1.54) is 6.21 Å². The third-order valence-corrected chi connectivity index (χ3v) is 4.27. The van der Waals surface area contributed by atoms with Gasteiger partial charge in [0, 0.05) is 10.6 Å². The van der Waals surface area contributed by atoms with Crippen LogP contribution in [0.15, 0.2) is 84.0 Å². The first kappa shape index (κ1) is 21.7. The van der Waals surface area contributed by atoms with Crippen LogP contribution in [0.5, 0.6) is 5.75 Å². The fourth-order valence-corrected chi connectivity index (χ4v) is 2.57. The molecule has 0 aliphatic rings. The summed E-state index contributed by atoms with van der Waals surface area (Å²) < 4.78 is 5.29. The summed E-state index contributed by atoms with van der Waals surface area (Å²) in [7, 11) is 0. The number of benzene rings is 3. The molecule has 0 saturated heterocycles. The molecule has 0 aliphatic heterocycles. The van der Waals surface area contributed by atoms with Crippen molar-refractivity contribution in [3.05, 3.63) is 101 Å². The van der Waals surface area contributed by atoms with Crippen LogP contribution in [0.3, 0.4) is 0 Å². The zero-order valence-electron chi connectivity index (χ0n) is 16.2. The van der Waals surface area contributed by atoms with E-state index in [1.54, 1.807) is 72.8 Å². The summed E-state index contributed by atoms with van der Waals surface area (Å²) in [6.07, 6.45) is 1.43. The molecule has 31 heavy (non-hydrogen) atoms. The summed E-state index contributed by atoms with van der Waals surface area (Å²) in [5.41, 5.74) is 3.86. The van der Waals surface area contributed by atoms with Crippen molar-refractivity contribution in [1.29, 1.82) is 0 Å². The lowest BCUT2D eigenvalue weighted by Crippen LogP contribution is -2.34. The molecular formula is C23H18ClN3O4. The van der Waals surface area contributed by atoms with Crippen molar-refractivity contribution < 1.29 is 19.1 Å². The van der Waals surface area contributed by atoms with E-state index in [-0.39, 0.29) is 6.54 Å². The van der Waals surface area contributed by atoms with Crippen LogP contribution < -0.4 is 15.5 Å². The largest absolute Gasteiger partial charge is 0.423 e. The maximum absolute atomic E-state index is 12.0. The van der Waals surface area contributed by atoms with E-state index in [0.29, 0.717) is 27.5 Å². The van der Waals surface area contributed by atoms with Crippen LogP contribution in [-0.2, 0) is 4.79 Å². The Morgan fingerprint density at radius 1 is 0.871 bits per heavy atom. The molecule has 7 nitrogen and oxygen atoms in total. The molecule has 0 atom stereocenters. The highest BCUT2D eigenvalue weighted by molar-refractivity contribution is 6.30. The Balaban J connectivity index is 1.44. The molecule has 0 heterocycles. The van der Waals surface area contributed by atoms with Gasteiger partial charge in [-0.05, 0) is 66.2 Å². The van der Waals surface area contributed by atoms with Gasteiger partial charge in [0.05, 0.1) is 18.3 Å². The highest BCUT2D eigenvalue weighted by atomic mass is 35.5. The standard InChI is InChI=1S/C23H18ClN3O4/c24-19-10-8-17(9-11-19)22(29)25-15-21(28)27-26-14-16-6-12-20(13-7-16)31-23(30)18-4-2-1-3-5-18/h1-14H,15H2,(H,25,29)(H,27,28)/b26-14+. The molecule has 0 unspecified atom stereocenters.